The van der Waals surface area contributed by atoms with Gasteiger partial charge in [-0.2, -0.15) is 0 Å². The second-order valence-corrected chi connectivity index (χ2v) is 0.969. The van der Waals surface area contributed by atoms with Crippen molar-refractivity contribution in [2.45, 2.75) is 0 Å². The van der Waals surface area contributed by atoms with E-state index in [9.17, 15) is 10.1 Å². The molecule has 1 N–H and O–H groups in total. The van der Waals surface area contributed by atoms with Gasteiger partial charge in [0.15, 0.2) is 0 Å². The molecule has 1 aromatic rings. The zero-order valence-corrected chi connectivity index (χ0v) is 7.73. The van der Waals surface area contributed by atoms with E-state index in [1.165, 1.54) is 0 Å². The van der Waals surface area contributed by atoms with Crippen LogP contribution in [0.4, 0.5) is 5.95 Å². The molecule has 0 aliphatic heterocycles. The minimum atomic E-state index is -0.733. The van der Waals surface area contributed by atoms with E-state index in [2.05, 4.69) is 15.4 Å². The van der Waals surface area contributed by atoms with Crippen molar-refractivity contribution in [2.75, 3.05) is 0 Å². The Morgan fingerprint density at radius 3 is 2.56 bits per heavy atom. The molecule has 0 saturated heterocycles. The number of nitrogens with one attached hydrogen (secondary N) is 1. The molecule has 0 amide bonds. The van der Waals surface area contributed by atoms with Gasteiger partial charge in [-0.1, -0.05) is 5.21 Å². The second kappa shape index (κ2) is 4.01. The molecule has 0 bridgehead atoms. The summed E-state index contributed by atoms with van der Waals surface area (Å²) in [5.41, 5.74) is 0. The first-order chi connectivity index (χ1) is 3.80. The number of hydrogen-bond acceptors (Lipinski definition) is 5. The van der Waals surface area contributed by atoms with Crippen LogP contribution in [0.3, 0.4) is 0 Å². The molecule has 0 unspecified atom stereocenters. The maximum atomic E-state index is 9.68. The largest absolute Gasteiger partial charge is 0.514 e. The molecule has 0 aliphatic rings. The van der Waals surface area contributed by atoms with E-state index in [0.717, 1.165) is 0 Å². The number of hydrogen-bond donors (Lipinski definition) is 1. The van der Waals surface area contributed by atoms with Crippen molar-refractivity contribution >= 4 is 57.3 Å². The Labute approximate surface area is 91.8 Å². The van der Waals surface area contributed by atoms with Gasteiger partial charge in [-0.3, -0.25) is 0 Å². The minimum absolute atomic E-state index is 0. The van der Waals surface area contributed by atoms with Crippen LogP contribution in [0.5, 0.6) is 0 Å². The Kier molecular flexibility index (Phi) is 4.06. The number of rotatable bonds is 1. The summed E-state index contributed by atoms with van der Waals surface area (Å²) in [6.45, 7) is 0. The first kappa shape index (κ1) is 9.11. The van der Waals surface area contributed by atoms with E-state index in [1.807, 2.05) is 5.21 Å². The summed E-state index contributed by atoms with van der Waals surface area (Å²) in [6.07, 6.45) is 0. The van der Waals surface area contributed by atoms with Crippen molar-refractivity contribution in [1.29, 1.82) is 0 Å². The monoisotopic (exact) mass is 154 g/mol. The maximum Gasteiger partial charge on any atom is 0.514 e. The van der Waals surface area contributed by atoms with E-state index < -0.39 is 10.9 Å². The normalized spacial score (nSPS) is 8.00. The first-order valence-corrected chi connectivity index (χ1v) is 1.68. The topological polar surface area (TPSA) is 97.6 Å². The zero-order valence-electron chi connectivity index (χ0n) is 4.61. The molecular formula is CHKN5O2. The molecule has 0 atom stereocenters. The average Bonchev–Trinajstić information content (AvgIpc) is 2.12. The number of nitrogens with zero attached hydrogens (tertiary/aromatic N) is 4. The van der Waals surface area contributed by atoms with Gasteiger partial charge in [0.2, 0.25) is 0 Å². The van der Waals surface area contributed by atoms with Crippen molar-refractivity contribution in [2.24, 2.45) is 0 Å². The molecule has 43 valence electrons. The van der Waals surface area contributed by atoms with Crippen molar-refractivity contribution in [1.82, 2.24) is 20.6 Å². The van der Waals surface area contributed by atoms with E-state index in [0.29, 0.717) is 0 Å². The summed E-state index contributed by atoms with van der Waals surface area (Å²) < 4.78 is 0. The molecule has 1 heterocycles. The Balaban J connectivity index is 0.000000640. The minimum Gasteiger partial charge on any atom is -0.390 e. The van der Waals surface area contributed by atoms with Crippen LogP contribution in [0.2, 0.25) is 0 Å². The summed E-state index contributed by atoms with van der Waals surface area (Å²) in [5.74, 6) is -0.509. The number of nitro groups is 1. The van der Waals surface area contributed by atoms with E-state index in [1.54, 1.807) is 0 Å². The van der Waals surface area contributed by atoms with E-state index in [4.69, 9.17) is 0 Å². The number of aromatic amines is 1. The summed E-state index contributed by atoms with van der Waals surface area (Å²) in [5, 5.41) is 20.7. The summed E-state index contributed by atoms with van der Waals surface area (Å²) in [6, 6.07) is 0. The predicted octanol–water partition coefficient (Wildman–Crippen LogP) is -1.27. The molecule has 1 radical (unpaired) electrons. The average molecular weight is 154 g/mol. The molecule has 1 rings (SSSR count). The van der Waals surface area contributed by atoms with Crippen molar-refractivity contribution < 1.29 is 4.92 Å². The Morgan fingerprint density at radius 1 is 1.67 bits per heavy atom. The molecule has 0 aliphatic carbocycles. The predicted molar refractivity (Wildman–Crippen MR) is 26.6 cm³/mol. The van der Waals surface area contributed by atoms with Crippen LogP contribution in [0.25, 0.3) is 0 Å². The van der Waals surface area contributed by atoms with Crippen molar-refractivity contribution in [3.63, 3.8) is 0 Å². The fourth-order valence-electron chi connectivity index (χ4n) is 0.234. The quantitative estimate of drug-likeness (QED) is 0.309. The van der Waals surface area contributed by atoms with Gasteiger partial charge in [0.25, 0.3) is 0 Å². The van der Waals surface area contributed by atoms with E-state index in [-0.39, 0.29) is 51.4 Å². The molecule has 1 aromatic heterocycles. The fourth-order valence-corrected chi connectivity index (χ4v) is 0.234. The third kappa shape index (κ3) is 2.45. The first-order valence-electron chi connectivity index (χ1n) is 1.68. The molecule has 9 heavy (non-hydrogen) atoms. The van der Waals surface area contributed by atoms with Gasteiger partial charge < -0.3 is 10.1 Å². The second-order valence-electron chi connectivity index (χ2n) is 0.969. The van der Waals surface area contributed by atoms with Crippen LogP contribution in [-0.4, -0.2) is 76.9 Å². The summed E-state index contributed by atoms with van der Waals surface area (Å²) in [7, 11) is 0. The van der Waals surface area contributed by atoms with Crippen LogP contribution in [0, 0.1) is 10.1 Å². The Bertz CT molecular complexity index is 183. The maximum absolute atomic E-state index is 9.68. The molecule has 0 spiro atoms. The Morgan fingerprint density at radius 2 is 2.33 bits per heavy atom. The SMILES string of the molecule is O=[N+]([O-])c1nn[nH]n1.[K]. The van der Waals surface area contributed by atoms with Crippen LogP contribution >= 0.6 is 0 Å². The fraction of sp³-hybridized carbons (Fsp3) is 0. The van der Waals surface area contributed by atoms with Gasteiger partial charge in [-0.05, 0) is 4.92 Å². The standard InChI is InChI=1S/CHN5O2.K/c7-6(8)1-2-4-5-3-1;/h(H,2,3,4,5);. The van der Waals surface area contributed by atoms with Gasteiger partial charge in [0.05, 0.1) is 5.10 Å². The van der Waals surface area contributed by atoms with Crippen molar-refractivity contribution in [3.05, 3.63) is 10.1 Å². The van der Waals surface area contributed by atoms with Gasteiger partial charge >= 0.3 is 5.95 Å². The van der Waals surface area contributed by atoms with Gasteiger partial charge in [0.1, 0.15) is 0 Å². The number of tetrazole rings is 1. The number of H-pyrrole nitrogens is 1. The van der Waals surface area contributed by atoms with Crippen LogP contribution < -0.4 is 0 Å². The zero-order chi connectivity index (χ0) is 5.98. The Hall–Kier alpha value is 0.106. The van der Waals surface area contributed by atoms with Crippen LogP contribution in [0.1, 0.15) is 0 Å². The summed E-state index contributed by atoms with van der Waals surface area (Å²) in [4.78, 5) is 8.95. The van der Waals surface area contributed by atoms with E-state index >= 15 is 0 Å². The summed E-state index contributed by atoms with van der Waals surface area (Å²) >= 11 is 0. The smallest absolute Gasteiger partial charge is 0.390 e. The van der Waals surface area contributed by atoms with Crippen LogP contribution in [0.15, 0.2) is 0 Å². The van der Waals surface area contributed by atoms with Gasteiger partial charge in [-0.25, -0.2) is 0 Å². The molecular weight excluding hydrogens is 153 g/mol. The number of aromatic nitrogens is 4. The molecule has 0 fully saturated rings. The van der Waals surface area contributed by atoms with Crippen LogP contribution in [-0.2, 0) is 0 Å². The molecule has 0 saturated carbocycles. The van der Waals surface area contributed by atoms with Crippen molar-refractivity contribution in [3.8, 4) is 0 Å². The molecule has 7 nitrogen and oxygen atoms in total. The molecule has 8 heteroatoms. The third-order valence-electron chi connectivity index (χ3n) is 0.497. The molecule has 0 aromatic carbocycles. The van der Waals surface area contributed by atoms with Gasteiger partial charge in [0, 0.05) is 61.7 Å². The van der Waals surface area contributed by atoms with Gasteiger partial charge in [-0.15, -0.1) is 0 Å². The third-order valence-corrected chi connectivity index (χ3v) is 0.497.